The van der Waals surface area contributed by atoms with Crippen molar-refractivity contribution in [3.63, 3.8) is 0 Å². The van der Waals surface area contributed by atoms with Gasteiger partial charge in [-0.1, -0.05) is 41.4 Å². The predicted octanol–water partition coefficient (Wildman–Crippen LogP) is 3.63. The Labute approximate surface area is 187 Å². The molecule has 0 radical (unpaired) electrons. The van der Waals surface area contributed by atoms with Gasteiger partial charge in [0.1, 0.15) is 18.5 Å². The summed E-state index contributed by atoms with van der Waals surface area (Å²) >= 11 is 0. The number of rotatable bonds is 7. The fourth-order valence-corrected chi connectivity index (χ4v) is 4.21. The predicted molar refractivity (Wildman–Crippen MR) is 119 cm³/mol. The maximum Gasteiger partial charge on any atom is 0.327 e. The summed E-state index contributed by atoms with van der Waals surface area (Å²) in [4.78, 5) is 18.2. The number of halogens is 1. The van der Waals surface area contributed by atoms with Crippen molar-refractivity contribution in [2.45, 2.75) is 44.1 Å². The molecule has 2 aromatic rings. The van der Waals surface area contributed by atoms with Crippen LogP contribution in [0.2, 0.25) is 0 Å². The van der Waals surface area contributed by atoms with E-state index in [1.54, 1.807) is 43.3 Å². The van der Waals surface area contributed by atoms with E-state index < -0.39 is 32.5 Å². The highest BCUT2D eigenvalue weighted by molar-refractivity contribution is 7.92. The van der Waals surface area contributed by atoms with Gasteiger partial charge in [-0.2, -0.15) is 0 Å². The molecule has 2 aromatic carbocycles. The second-order valence-electron chi connectivity index (χ2n) is 7.81. The monoisotopic (exact) mass is 457 g/mol. The molecule has 0 saturated heterocycles. The van der Waals surface area contributed by atoms with Crippen LogP contribution < -0.4 is 0 Å². The Bertz CT molecular complexity index is 1200. The van der Waals surface area contributed by atoms with Gasteiger partial charge in [-0.05, 0) is 37.6 Å². The van der Waals surface area contributed by atoms with Crippen molar-refractivity contribution in [3.8, 4) is 11.8 Å². The van der Waals surface area contributed by atoms with Crippen LogP contribution in [0.5, 0.6) is 0 Å². The summed E-state index contributed by atoms with van der Waals surface area (Å²) in [7, 11) is -3.85. The third kappa shape index (κ3) is 5.17. The van der Waals surface area contributed by atoms with Crippen LogP contribution in [0, 0.1) is 17.7 Å². The molecule has 0 aromatic heterocycles. The first-order valence-corrected chi connectivity index (χ1v) is 11.9. The van der Waals surface area contributed by atoms with Crippen molar-refractivity contribution in [3.05, 3.63) is 71.0 Å². The zero-order valence-electron chi connectivity index (χ0n) is 18.1. The minimum atomic E-state index is -3.85. The maximum atomic E-state index is 14.5. The molecule has 3 rings (SSSR count). The lowest BCUT2D eigenvalue weighted by atomic mass is 9.96. The fraction of sp³-hybridized carbons (Fsp3) is 0.333. The van der Waals surface area contributed by atoms with E-state index in [4.69, 9.17) is 9.57 Å². The van der Waals surface area contributed by atoms with Gasteiger partial charge in [-0.25, -0.2) is 12.8 Å². The Morgan fingerprint density at radius 2 is 2.00 bits per heavy atom. The molecule has 8 heteroatoms. The van der Waals surface area contributed by atoms with Gasteiger partial charge in [0, 0.05) is 30.2 Å². The van der Waals surface area contributed by atoms with Crippen LogP contribution in [0.25, 0.3) is 0 Å². The van der Waals surface area contributed by atoms with E-state index in [0.29, 0.717) is 11.3 Å². The van der Waals surface area contributed by atoms with E-state index >= 15 is 0 Å². The molecule has 0 saturated carbocycles. The molecule has 0 bridgehead atoms. The topological polar surface area (TPSA) is 82.0 Å². The van der Waals surface area contributed by atoms with E-state index in [-0.39, 0.29) is 25.0 Å². The van der Waals surface area contributed by atoms with Gasteiger partial charge >= 0.3 is 5.97 Å². The largest absolute Gasteiger partial charge is 0.460 e. The van der Waals surface area contributed by atoms with Crippen molar-refractivity contribution in [2.75, 3.05) is 6.26 Å². The number of carbonyl (C=O) groups is 1. The number of sulfone groups is 1. The Morgan fingerprint density at radius 3 is 2.62 bits per heavy atom. The van der Waals surface area contributed by atoms with E-state index in [9.17, 15) is 17.6 Å². The van der Waals surface area contributed by atoms with Gasteiger partial charge in [0.25, 0.3) is 0 Å². The molecule has 1 aliphatic rings. The van der Waals surface area contributed by atoms with Crippen LogP contribution in [-0.2, 0) is 30.8 Å². The fourth-order valence-electron chi connectivity index (χ4n) is 3.36. The van der Waals surface area contributed by atoms with E-state index in [0.717, 1.165) is 11.8 Å². The van der Waals surface area contributed by atoms with Crippen LogP contribution >= 0.6 is 0 Å². The highest BCUT2D eigenvalue weighted by Gasteiger charge is 2.48. The molecular formula is C24H24FNO5S. The molecule has 0 amide bonds. The Morgan fingerprint density at radius 1 is 1.28 bits per heavy atom. The third-order valence-corrected chi connectivity index (χ3v) is 7.33. The number of nitrogens with zero attached hydrogens (tertiary/aromatic N) is 1. The molecule has 32 heavy (non-hydrogen) atoms. The molecule has 2 atom stereocenters. The second kappa shape index (κ2) is 9.53. The lowest BCUT2D eigenvalue weighted by Gasteiger charge is -2.27. The number of benzene rings is 2. The highest BCUT2D eigenvalue weighted by atomic mass is 32.2. The average molecular weight is 458 g/mol. The Kier molecular flexibility index (Phi) is 6.99. The molecule has 0 fully saturated rings. The van der Waals surface area contributed by atoms with E-state index in [2.05, 4.69) is 17.0 Å². The number of ether oxygens (including phenoxy) is 1. The van der Waals surface area contributed by atoms with Gasteiger partial charge in [0.05, 0.1) is 5.71 Å². The molecule has 6 nitrogen and oxygen atoms in total. The molecule has 0 unspecified atom stereocenters. The Hall–Kier alpha value is -3.18. The number of oxime groups is 1. The van der Waals surface area contributed by atoms with Crippen molar-refractivity contribution >= 4 is 21.5 Å². The lowest BCUT2D eigenvalue weighted by Crippen LogP contribution is -2.46. The van der Waals surface area contributed by atoms with Gasteiger partial charge in [0.2, 0.25) is 0 Å². The summed E-state index contributed by atoms with van der Waals surface area (Å²) in [5.41, 5.74) is 1.88. The van der Waals surface area contributed by atoms with Gasteiger partial charge in [-0.15, -0.1) is 5.92 Å². The standard InChI is InChI=1S/C24H24FNO5S/c1-4-8-17-11-12-20(21(25)13-17)22-14-19(31-26-22)15-24(2,32(3,28)29)23(27)30-16-18-9-6-5-7-10-18/h5-7,9-13,19H,14-16H2,1-3H3/t19-,24-/m1/s1. The third-order valence-electron chi connectivity index (χ3n) is 5.36. The first-order valence-electron chi connectivity index (χ1n) is 10.00. The summed E-state index contributed by atoms with van der Waals surface area (Å²) in [5.74, 6) is 4.12. The zero-order valence-corrected chi connectivity index (χ0v) is 18.9. The summed E-state index contributed by atoms with van der Waals surface area (Å²) in [6, 6.07) is 13.5. The first kappa shape index (κ1) is 23.5. The molecular weight excluding hydrogens is 433 g/mol. The van der Waals surface area contributed by atoms with Gasteiger partial charge in [0.15, 0.2) is 14.6 Å². The molecule has 0 N–H and O–H groups in total. The summed E-state index contributed by atoms with van der Waals surface area (Å²) < 4.78 is 43.0. The average Bonchev–Trinajstić information content (AvgIpc) is 3.20. The maximum absolute atomic E-state index is 14.5. The molecule has 1 aliphatic heterocycles. The molecule has 0 spiro atoms. The second-order valence-corrected chi connectivity index (χ2v) is 10.3. The van der Waals surface area contributed by atoms with E-state index in [1.165, 1.54) is 13.0 Å². The highest BCUT2D eigenvalue weighted by Crippen LogP contribution is 2.31. The number of hydrogen-bond acceptors (Lipinski definition) is 6. The minimum Gasteiger partial charge on any atom is -0.460 e. The number of hydrogen-bond donors (Lipinski definition) is 0. The summed E-state index contributed by atoms with van der Waals surface area (Å²) in [6.45, 7) is 2.93. The lowest BCUT2D eigenvalue weighted by molar-refractivity contribution is -0.148. The van der Waals surface area contributed by atoms with Crippen LogP contribution in [0.1, 0.15) is 43.4 Å². The van der Waals surface area contributed by atoms with Crippen molar-refractivity contribution < 1.29 is 27.2 Å². The quantitative estimate of drug-likeness (QED) is 0.469. The number of esters is 1. The Balaban J connectivity index is 1.72. The first-order chi connectivity index (χ1) is 15.1. The molecule has 168 valence electrons. The molecule has 1 heterocycles. The van der Waals surface area contributed by atoms with Crippen LogP contribution in [-0.4, -0.2) is 37.2 Å². The summed E-state index contributed by atoms with van der Waals surface area (Å²) in [5, 5.41) is 3.94. The smallest absolute Gasteiger partial charge is 0.327 e. The molecule has 0 aliphatic carbocycles. The van der Waals surface area contributed by atoms with Gasteiger partial charge in [-0.3, -0.25) is 4.79 Å². The van der Waals surface area contributed by atoms with Crippen molar-refractivity contribution in [2.24, 2.45) is 5.16 Å². The van der Waals surface area contributed by atoms with Crippen LogP contribution in [0.3, 0.4) is 0 Å². The van der Waals surface area contributed by atoms with Crippen molar-refractivity contribution in [1.29, 1.82) is 0 Å². The minimum absolute atomic E-state index is 0.0454. The zero-order chi connectivity index (χ0) is 23.4. The SMILES string of the molecule is CC#Cc1ccc(C2=NO[C@@H](C[C@](C)(C(=O)OCc3ccccc3)S(C)(=O)=O)C2)c(F)c1. The summed E-state index contributed by atoms with van der Waals surface area (Å²) in [6.07, 6.45) is 0.254. The van der Waals surface area contributed by atoms with Crippen LogP contribution in [0.4, 0.5) is 4.39 Å². The van der Waals surface area contributed by atoms with Crippen molar-refractivity contribution in [1.82, 2.24) is 0 Å². The normalized spacial score (nSPS) is 17.4. The number of carbonyl (C=O) groups excluding carboxylic acids is 1. The van der Waals surface area contributed by atoms with E-state index in [1.807, 2.05) is 6.07 Å². The van der Waals surface area contributed by atoms with Crippen LogP contribution in [0.15, 0.2) is 53.7 Å². The van der Waals surface area contributed by atoms with Gasteiger partial charge < -0.3 is 9.57 Å².